The molecule has 0 amide bonds. The summed E-state index contributed by atoms with van der Waals surface area (Å²) in [7, 11) is 1.83. The molecule has 0 aromatic rings. The van der Waals surface area contributed by atoms with Gasteiger partial charge in [-0.05, 0) is 32.5 Å². The van der Waals surface area contributed by atoms with Gasteiger partial charge in [0.1, 0.15) is 5.82 Å². The number of hydrogen-bond donors (Lipinski definition) is 2. The zero-order valence-corrected chi connectivity index (χ0v) is 12.3. The van der Waals surface area contributed by atoms with E-state index < -0.39 is 0 Å². The maximum atomic E-state index is 9.53. The molecule has 2 atom stereocenters. The Morgan fingerprint density at radius 1 is 1.58 bits per heavy atom. The minimum Gasteiger partial charge on any atom is -0.391 e. The van der Waals surface area contributed by atoms with Crippen molar-refractivity contribution in [1.82, 2.24) is 10.2 Å². The normalized spacial score (nSPS) is 24.9. The van der Waals surface area contributed by atoms with Crippen molar-refractivity contribution >= 4 is 12.9 Å². The summed E-state index contributed by atoms with van der Waals surface area (Å²) >= 11 is 0. The smallest absolute Gasteiger partial charge is 0.135 e. The Balaban J connectivity index is 2.97. The molecular formula is C14H26N4O. The van der Waals surface area contributed by atoms with Crippen molar-refractivity contribution in [3.05, 3.63) is 11.4 Å². The number of likely N-dealkylation sites (tertiary alicyclic amines) is 1. The summed E-state index contributed by atoms with van der Waals surface area (Å²) in [5.41, 5.74) is 0.734. The molecule has 0 bridgehead atoms. The van der Waals surface area contributed by atoms with Crippen molar-refractivity contribution in [1.29, 1.82) is 0 Å². The number of hydrogen-bond acceptors (Lipinski definition) is 5. The fourth-order valence-electron chi connectivity index (χ4n) is 2.59. The predicted molar refractivity (Wildman–Crippen MR) is 80.6 cm³/mol. The topological polar surface area (TPSA) is 60.2 Å². The van der Waals surface area contributed by atoms with Crippen LogP contribution in [0.3, 0.4) is 0 Å². The van der Waals surface area contributed by atoms with Crippen LogP contribution in [0.25, 0.3) is 0 Å². The minimum absolute atomic E-state index is 0.0666. The lowest BCUT2D eigenvalue weighted by molar-refractivity contribution is 0.292. The van der Waals surface area contributed by atoms with Gasteiger partial charge in [-0.25, -0.2) is 4.99 Å². The van der Waals surface area contributed by atoms with Gasteiger partial charge in [-0.1, -0.05) is 13.8 Å². The maximum absolute atomic E-state index is 9.53. The minimum atomic E-state index is -0.0666. The molecule has 5 nitrogen and oxygen atoms in total. The number of nitrogens with zero attached hydrogens (tertiary/aromatic N) is 3. The second-order valence-corrected chi connectivity index (χ2v) is 5.04. The van der Waals surface area contributed by atoms with E-state index in [1.54, 1.807) is 6.21 Å². The monoisotopic (exact) mass is 266 g/mol. The first-order valence-electron chi connectivity index (χ1n) is 6.89. The van der Waals surface area contributed by atoms with Crippen LogP contribution in [-0.4, -0.2) is 55.8 Å². The van der Waals surface area contributed by atoms with E-state index in [0.29, 0.717) is 18.6 Å². The van der Waals surface area contributed by atoms with Gasteiger partial charge in [0.15, 0.2) is 0 Å². The Kier molecular flexibility index (Phi) is 6.73. The molecule has 0 aromatic heterocycles. The lowest BCUT2D eigenvalue weighted by atomic mass is 10.1. The second kappa shape index (κ2) is 8.07. The zero-order chi connectivity index (χ0) is 14.3. The maximum Gasteiger partial charge on any atom is 0.135 e. The van der Waals surface area contributed by atoms with Gasteiger partial charge < -0.3 is 15.3 Å². The number of rotatable bonds is 7. The first kappa shape index (κ1) is 15.9. The van der Waals surface area contributed by atoms with Gasteiger partial charge in [-0.2, -0.15) is 0 Å². The van der Waals surface area contributed by atoms with Crippen molar-refractivity contribution in [3.63, 3.8) is 0 Å². The largest absolute Gasteiger partial charge is 0.391 e. The van der Waals surface area contributed by atoms with Crippen LogP contribution < -0.4 is 5.32 Å². The van der Waals surface area contributed by atoms with Gasteiger partial charge in [0.05, 0.1) is 13.3 Å². The Hall–Kier alpha value is -1.20. The molecule has 0 aliphatic carbocycles. The molecule has 1 heterocycles. The third-order valence-corrected chi connectivity index (χ3v) is 3.47. The van der Waals surface area contributed by atoms with Crippen LogP contribution in [0.1, 0.15) is 26.7 Å². The Morgan fingerprint density at radius 3 is 2.84 bits per heavy atom. The highest BCUT2D eigenvalue weighted by Gasteiger charge is 2.30. The summed E-state index contributed by atoms with van der Waals surface area (Å²) in [5, 5.41) is 12.5. The SMILES string of the molecule is C=N/C(=C(\C=N/CNC)CO)N1CC(C)CC1CC. The van der Waals surface area contributed by atoms with Crippen LogP contribution in [0.5, 0.6) is 0 Å². The van der Waals surface area contributed by atoms with Gasteiger partial charge in [-0.15, -0.1) is 0 Å². The van der Waals surface area contributed by atoms with Crippen molar-refractivity contribution in [2.45, 2.75) is 32.7 Å². The highest BCUT2D eigenvalue weighted by Crippen LogP contribution is 2.29. The summed E-state index contributed by atoms with van der Waals surface area (Å²) in [6.45, 7) is 9.52. The fourth-order valence-corrected chi connectivity index (χ4v) is 2.59. The standard InChI is InChI=1S/C14H26N4O/c1-5-13-6-11(2)8-18(13)14(16-4)12(9-19)7-17-10-15-3/h7,11,13,15,19H,4-6,8-10H2,1-3H3/b14-12-,17-7-. The van der Waals surface area contributed by atoms with E-state index in [2.05, 4.69) is 40.8 Å². The summed E-state index contributed by atoms with van der Waals surface area (Å²) in [4.78, 5) is 10.6. The van der Waals surface area contributed by atoms with Gasteiger partial charge >= 0.3 is 0 Å². The van der Waals surface area contributed by atoms with Crippen molar-refractivity contribution in [3.8, 4) is 0 Å². The van der Waals surface area contributed by atoms with Crippen molar-refractivity contribution in [2.24, 2.45) is 15.9 Å². The van der Waals surface area contributed by atoms with E-state index in [1.165, 1.54) is 6.42 Å². The number of nitrogens with one attached hydrogen (secondary N) is 1. The van der Waals surface area contributed by atoms with E-state index >= 15 is 0 Å². The Morgan fingerprint density at radius 2 is 2.32 bits per heavy atom. The quantitative estimate of drug-likeness (QED) is 0.682. The van der Waals surface area contributed by atoms with E-state index in [9.17, 15) is 5.11 Å². The first-order chi connectivity index (χ1) is 9.17. The van der Waals surface area contributed by atoms with Gasteiger partial charge in [0, 0.05) is 24.4 Å². The molecule has 1 aliphatic heterocycles. The molecule has 2 N–H and O–H groups in total. The summed E-state index contributed by atoms with van der Waals surface area (Å²) in [6, 6.07) is 0.481. The van der Waals surface area contributed by atoms with Crippen LogP contribution in [-0.2, 0) is 0 Å². The Bertz CT molecular complexity index is 351. The third kappa shape index (κ3) is 4.14. The van der Waals surface area contributed by atoms with E-state index in [-0.39, 0.29) is 6.61 Å². The average Bonchev–Trinajstić information content (AvgIpc) is 2.79. The van der Waals surface area contributed by atoms with Crippen LogP contribution >= 0.6 is 0 Å². The van der Waals surface area contributed by atoms with Gasteiger partial charge in [0.2, 0.25) is 0 Å². The molecule has 1 rings (SSSR count). The summed E-state index contributed by atoms with van der Waals surface area (Å²) in [5.74, 6) is 1.43. The highest BCUT2D eigenvalue weighted by atomic mass is 16.3. The van der Waals surface area contributed by atoms with E-state index in [1.807, 2.05) is 7.05 Å². The fraction of sp³-hybridized carbons (Fsp3) is 0.714. The molecule has 108 valence electrons. The molecule has 1 aliphatic rings. The number of aliphatic imine (C=N–C) groups is 2. The van der Waals surface area contributed by atoms with Crippen LogP contribution in [0.15, 0.2) is 21.4 Å². The van der Waals surface area contributed by atoms with Gasteiger partial charge in [-0.3, -0.25) is 4.99 Å². The predicted octanol–water partition coefficient (Wildman–Crippen LogP) is 1.26. The molecule has 0 aromatic carbocycles. The molecule has 2 unspecified atom stereocenters. The first-order valence-corrected chi connectivity index (χ1v) is 6.89. The van der Waals surface area contributed by atoms with Crippen LogP contribution in [0, 0.1) is 5.92 Å². The highest BCUT2D eigenvalue weighted by molar-refractivity contribution is 5.80. The zero-order valence-electron chi connectivity index (χ0n) is 12.3. The van der Waals surface area contributed by atoms with E-state index in [4.69, 9.17) is 0 Å². The average molecular weight is 266 g/mol. The summed E-state index contributed by atoms with van der Waals surface area (Å²) < 4.78 is 0. The molecule has 0 spiro atoms. The number of aliphatic hydroxyl groups excluding tert-OH is 1. The molecular weight excluding hydrogens is 240 g/mol. The van der Waals surface area contributed by atoms with Crippen molar-refractivity contribution < 1.29 is 5.11 Å². The van der Waals surface area contributed by atoms with Crippen LogP contribution in [0.4, 0.5) is 0 Å². The lowest BCUT2D eigenvalue weighted by Crippen LogP contribution is -2.29. The lowest BCUT2D eigenvalue weighted by Gasteiger charge is -2.27. The third-order valence-electron chi connectivity index (χ3n) is 3.47. The van der Waals surface area contributed by atoms with Crippen LogP contribution in [0.2, 0.25) is 0 Å². The summed E-state index contributed by atoms with van der Waals surface area (Å²) in [6.07, 6.45) is 3.94. The molecule has 19 heavy (non-hydrogen) atoms. The van der Waals surface area contributed by atoms with Crippen molar-refractivity contribution in [2.75, 3.05) is 26.9 Å². The molecule has 5 heteroatoms. The number of aliphatic hydroxyl groups is 1. The molecule has 0 radical (unpaired) electrons. The molecule has 0 saturated carbocycles. The molecule has 1 fully saturated rings. The van der Waals surface area contributed by atoms with E-state index in [0.717, 1.165) is 24.4 Å². The van der Waals surface area contributed by atoms with Gasteiger partial charge in [0.25, 0.3) is 0 Å². The molecule has 1 saturated heterocycles. The Labute approximate surface area is 116 Å². The second-order valence-electron chi connectivity index (χ2n) is 5.04.